The number of amides is 2. The van der Waals surface area contributed by atoms with E-state index < -0.39 is 0 Å². The van der Waals surface area contributed by atoms with Gasteiger partial charge in [0.1, 0.15) is 17.5 Å². The van der Waals surface area contributed by atoms with Crippen molar-refractivity contribution in [3.8, 4) is 0 Å². The molecule has 31 heavy (non-hydrogen) atoms. The fraction of sp³-hybridized carbons (Fsp3) is 0.292. The summed E-state index contributed by atoms with van der Waals surface area (Å²) in [5.74, 6) is 2.48. The molecule has 0 atom stereocenters. The quantitative estimate of drug-likeness (QED) is 0.506. The first-order chi connectivity index (χ1) is 15.1. The van der Waals surface area contributed by atoms with Gasteiger partial charge in [-0.25, -0.2) is 14.8 Å². The third-order valence-corrected chi connectivity index (χ3v) is 5.29. The molecule has 0 aliphatic carbocycles. The molecular formula is C24H28N6O. The van der Waals surface area contributed by atoms with Gasteiger partial charge in [-0.05, 0) is 68.1 Å². The van der Waals surface area contributed by atoms with Gasteiger partial charge in [0.05, 0.1) is 0 Å². The summed E-state index contributed by atoms with van der Waals surface area (Å²) in [7, 11) is 0. The minimum absolute atomic E-state index is 0.272. The molecule has 1 saturated heterocycles. The van der Waals surface area contributed by atoms with Crippen LogP contribution in [-0.2, 0) is 6.42 Å². The van der Waals surface area contributed by atoms with E-state index in [2.05, 4.69) is 37.7 Å². The van der Waals surface area contributed by atoms with Crippen LogP contribution in [0, 0.1) is 6.92 Å². The number of hydrogen-bond acceptors (Lipinski definition) is 5. The minimum atomic E-state index is -0.272. The Morgan fingerprint density at radius 3 is 2.10 bits per heavy atom. The molecule has 0 saturated carbocycles. The number of carbonyl (C=O) groups is 1. The number of nitrogens with one attached hydrogen (secondary N) is 3. The van der Waals surface area contributed by atoms with Crippen molar-refractivity contribution in [3.05, 3.63) is 66.0 Å². The van der Waals surface area contributed by atoms with Gasteiger partial charge in [-0.1, -0.05) is 19.1 Å². The van der Waals surface area contributed by atoms with E-state index in [0.29, 0.717) is 5.69 Å². The monoisotopic (exact) mass is 416 g/mol. The van der Waals surface area contributed by atoms with E-state index in [9.17, 15) is 4.79 Å². The number of nitrogens with zero attached hydrogens (tertiary/aromatic N) is 3. The molecule has 7 nitrogen and oxygen atoms in total. The van der Waals surface area contributed by atoms with Crippen LogP contribution in [0.2, 0.25) is 0 Å². The number of benzene rings is 2. The van der Waals surface area contributed by atoms with Crippen molar-refractivity contribution in [2.24, 2.45) is 0 Å². The van der Waals surface area contributed by atoms with E-state index >= 15 is 0 Å². The fourth-order valence-electron chi connectivity index (χ4n) is 3.63. The summed E-state index contributed by atoms with van der Waals surface area (Å²) in [5, 5.41) is 9.04. The molecule has 1 aliphatic rings. The van der Waals surface area contributed by atoms with E-state index in [0.717, 1.165) is 48.3 Å². The number of carbonyl (C=O) groups excluding carboxylic acids is 1. The van der Waals surface area contributed by atoms with Crippen LogP contribution in [0.4, 0.5) is 33.5 Å². The van der Waals surface area contributed by atoms with E-state index in [4.69, 9.17) is 0 Å². The lowest BCUT2D eigenvalue weighted by Crippen LogP contribution is -2.20. The van der Waals surface area contributed by atoms with Crippen molar-refractivity contribution in [1.82, 2.24) is 9.97 Å². The zero-order valence-corrected chi connectivity index (χ0v) is 18.0. The predicted molar refractivity (Wildman–Crippen MR) is 126 cm³/mol. The maximum atomic E-state index is 12.3. The highest BCUT2D eigenvalue weighted by atomic mass is 16.2. The summed E-state index contributed by atoms with van der Waals surface area (Å²) >= 11 is 0. The van der Waals surface area contributed by atoms with Crippen molar-refractivity contribution in [1.29, 1.82) is 0 Å². The van der Waals surface area contributed by atoms with E-state index in [1.54, 1.807) is 0 Å². The Bertz CT molecular complexity index is 1030. The van der Waals surface area contributed by atoms with Crippen LogP contribution >= 0.6 is 0 Å². The second-order valence-electron chi connectivity index (χ2n) is 7.68. The Balaban J connectivity index is 1.36. The molecule has 3 aromatic rings. The molecule has 1 aliphatic heterocycles. The van der Waals surface area contributed by atoms with Gasteiger partial charge < -0.3 is 20.9 Å². The summed E-state index contributed by atoms with van der Waals surface area (Å²) in [5.41, 5.74) is 3.61. The molecule has 0 bridgehead atoms. The molecule has 2 amide bonds. The molecule has 0 spiro atoms. The Kier molecular flexibility index (Phi) is 6.31. The van der Waals surface area contributed by atoms with Gasteiger partial charge >= 0.3 is 6.03 Å². The molecule has 4 rings (SSSR count). The zero-order chi connectivity index (χ0) is 21.6. The lowest BCUT2D eigenvalue weighted by molar-refractivity contribution is 0.262. The highest BCUT2D eigenvalue weighted by Gasteiger charge is 2.15. The average Bonchev–Trinajstić information content (AvgIpc) is 3.30. The molecule has 1 aromatic heterocycles. The lowest BCUT2D eigenvalue weighted by Gasteiger charge is -2.18. The molecule has 1 fully saturated rings. The van der Waals surface area contributed by atoms with Crippen LogP contribution < -0.4 is 20.9 Å². The maximum absolute atomic E-state index is 12.3. The molecule has 0 radical (unpaired) electrons. The van der Waals surface area contributed by atoms with Gasteiger partial charge in [-0.15, -0.1) is 0 Å². The number of aryl methyl sites for hydroxylation is 2. The second kappa shape index (κ2) is 9.47. The standard InChI is InChI=1S/C24H28N6O/c1-3-18-6-8-20(9-7-18)28-24(31)29-21-12-10-19(11-13-21)27-22-16-23(26-17(2)25-22)30-14-4-5-15-30/h6-13,16H,3-5,14-15H2,1-2H3,(H,25,26,27)(H2,28,29,31). The van der Waals surface area contributed by atoms with Crippen LogP contribution in [0.25, 0.3) is 0 Å². The number of aromatic nitrogens is 2. The van der Waals surface area contributed by atoms with Crippen molar-refractivity contribution in [2.75, 3.05) is 33.9 Å². The van der Waals surface area contributed by atoms with Crippen LogP contribution in [0.5, 0.6) is 0 Å². The summed E-state index contributed by atoms with van der Waals surface area (Å²) in [4.78, 5) is 23.6. The Hall–Kier alpha value is -3.61. The summed E-state index contributed by atoms with van der Waals surface area (Å²) in [6, 6.07) is 17.1. The number of rotatable bonds is 6. The van der Waals surface area contributed by atoms with Crippen LogP contribution in [0.1, 0.15) is 31.2 Å². The average molecular weight is 417 g/mol. The summed E-state index contributed by atoms with van der Waals surface area (Å²) < 4.78 is 0. The molecule has 7 heteroatoms. The summed E-state index contributed by atoms with van der Waals surface area (Å²) in [6.45, 7) is 6.10. The van der Waals surface area contributed by atoms with Gasteiger partial charge in [0, 0.05) is 36.2 Å². The van der Waals surface area contributed by atoms with E-state index in [-0.39, 0.29) is 6.03 Å². The van der Waals surface area contributed by atoms with E-state index in [1.165, 1.54) is 18.4 Å². The normalized spacial score (nSPS) is 13.2. The molecule has 0 unspecified atom stereocenters. The Morgan fingerprint density at radius 2 is 1.48 bits per heavy atom. The maximum Gasteiger partial charge on any atom is 0.323 e. The van der Waals surface area contributed by atoms with Gasteiger partial charge in [0.2, 0.25) is 0 Å². The van der Waals surface area contributed by atoms with Crippen LogP contribution in [-0.4, -0.2) is 29.1 Å². The summed E-state index contributed by atoms with van der Waals surface area (Å²) in [6.07, 6.45) is 3.39. The highest BCUT2D eigenvalue weighted by molar-refractivity contribution is 5.99. The Labute approximate surface area is 182 Å². The number of anilines is 5. The van der Waals surface area contributed by atoms with Crippen molar-refractivity contribution in [3.63, 3.8) is 0 Å². The largest absolute Gasteiger partial charge is 0.356 e. The molecule has 160 valence electrons. The third kappa shape index (κ3) is 5.51. The highest BCUT2D eigenvalue weighted by Crippen LogP contribution is 2.23. The van der Waals surface area contributed by atoms with Crippen molar-refractivity contribution in [2.45, 2.75) is 33.1 Å². The van der Waals surface area contributed by atoms with Crippen molar-refractivity contribution < 1.29 is 4.79 Å². The second-order valence-corrected chi connectivity index (χ2v) is 7.68. The van der Waals surface area contributed by atoms with E-state index in [1.807, 2.05) is 61.5 Å². The first-order valence-corrected chi connectivity index (χ1v) is 10.7. The smallest absolute Gasteiger partial charge is 0.323 e. The molecule has 2 aromatic carbocycles. The molecule has 3 N–H and O–H groups in total. The fourth-order valence-corrected chi connectivity index (χ4v) is 3.63. The third-order valence-electron chi connectivity index (χ3n) is 5.29. The lowest BCUT2D eigenvalue weighted by atomic mass is 10.1. The van der Waals surface area contributed by atoms with Gasteiger partial charge in [0.15, 0.2) is 0 Å². The van der Waals surface area contributed by atoms with Crippen LogP contribution in [0.3, 0.4) is 0 Å². The van der Waals surface area contributed by atoms with Crippen LogP contribution in [0.15, 0.2) is 54.6 Å². The predicted octanol–water partition coefficient (Wildman–Crippen LogP) is 5.34. The first kappa shape index (κ1) is 20.7. The van der Waals surface area contributed by atoms with Gasteiger partial charge in [0.25, 0.3) is 0 Å². The van der Waals surface area contributed by atoms with Gasteiger partial charge in [-0.2, -0.15) is 0 Å². The van der Waals surface area contributed by atoms with Gasteiger partial charge in [-0.3, -0.25) is 0 Å². The Morgan fingerprint density at radius 1 is 0.903 bits per heavy atom. The number of urea groups is 1. The van der Waals surface area contributed by atoms with Crippen molar-refractivity contribution >= 4 is 34.7 Å². The molecule has 2 heterocycles. The SMILES string of the molecule is CCc1ccc(NC(=O)Nc2ccc(Nc3cc(N4CCCC4)nc(C)n3)cc2)cc1. The molecular weight excluding hydrogens is 388 g/mol. The minimum Gasteiger partial charge on any atom is -0.356 e. The number of hydrogen-bond donors (Lipinski definition) is 3. The first-order valence-electron chi connectivity index (χ1n) is 10.7. The topological polar surface area (TPSA) is 82.2 Å². The zero-order valence-electron chi connectivity index (χ0n) is 18.0.